The van der Waals surface area contributed by atoms with Crippen molar-refractivity contribution in [3.8, 4) is 0 Å². The van der Waals surface area contributed by atoms with Crippen LogP contribution in [0.2, 0.25) is 0 Å². The number of rotatable bonds is 3. The number of halogens is 1. The molecule has 2 N–H and O–H groups in total. The zero-order valence-electron chi connectivity index (χ0n) is 8.68. The van der Waals surface area contributed by atoms with Gasteiger partial charge in [-0.15, -0.1) is 12.4 Å². The van der Waals surface area contributed by atoms with E-state index in [1.165, 1.54) is 12.3 Å². The summed E-state index contributed by atoms with van der Waals surface area (Å²) in [7, 11) is -3.47. The summed E-state index contributed by atoms with van der Waals surface area (Å²) >= 11 is 0. The van der Waals surface area contributed by atoms with Crippen molar-refractivity contribution in [3.63, 3.8) is 0 Å². The molecule has 1 aromatic heterocycles. The van der Waals surface area contributed by atoms with Gasteiger partial charge in [0.25, 0.3) is 10.0 Å². The number of hydrogen-bond donors (Lipinski definition) is 2. The molecule has 2 heterocycles. The molecule has 0 saturated carbocycles. The van der Waals surface area contributed by atoms with Crippen LogP contribution in [0.25, 0.3) is 0 Å². The first kappa shape index (κ1) is 13.5. The van der Waals surface area contributed by atoms with Crippen molar-refractivity contribution in [2.45, 2.75) is 24.0 Å². The molecule has 0 aromatic carbocycles. The van der Waals surface area contributed by atoms with Gasteiger partial charge < -0.3 is 9.73 Å². The Morgan fingerprint density at radius 1 is 1.50 bits per heavy atom. The zero-order chi connectivity index (χ0) is 10.7. The van der Waals surface area contributed by atoms with Crippen LogP contribution in [0.4, 0.5) is 0 Å². The van der Waals surface area contributed by atoms with Crippen molar-refractivity contribution in [2.75, 3.05) is 13.1 Å². The van der Waals surface area contributed by atoms with E-state index in [1.807, 2.05) is 0 Å². The van der Waals surface area contributed by atoms with Gasteiger partial charge in [-0.05, 0) is 31.5 Å². The summed E-state index contributed by atoms with van der Waals surface area (Å²) in [6.45, 7) is 1.64. The molecule has 0 radical (unpaired) electrons. The maximum absolute atomic E-state index is 11.7. The number of nitrogens with one attached hydrogen (secondary N) is 2. The minimum atomic E-state index is -3.47. The molecule has 2 rings (SSSR count). The summed E-state index contributed by atoms with van der Waals surface area (Å²) in [5, 5.41) is 3.12. The second kappa shape index (κ2) is 5.67. The number of sulfonamides is 1. The van der Waals surface area contributed by atoms with Gasteiger partial charge in [-0.3, -0.25) is 0 Å². The summed E-state index contributed by atoms with van der Waals surface area (Å²) in [4.78, 5) is 0. The van der Waals surface area contributed by atoms with Crippen molar-refractivity contribution in [1.29, 1.82) is 0 Å². The molecule has 1 aliphatic rings. The van der Waals surface area contributed by atoms with Gasteiger partial charge in [0.2, 0.25) is 5.09 Å². The quantitative estimate of drug-likeness (QED) is 0.846. The molecule has 0 aliphatic carbocycles. The van der Waals surface area contributed by atoms with Gasteiger partial charge in [0.05, 0.1) is 6.26 Å². The molecule has 92 valence electrons. The Bertz CT molecular complexity index is 398. The summed E-state index contributed by atoms with van der Waals surface area (Å²) in [6, 6.07) is 2.97. The molecule has 1 fully saturated rings. The zero-order valence-corrected chi connectivity index (χ0v) is 10.3. The Labute approximate surface area is 101 Å². The molecule has 1 saturated heterocycles. The van der Waals surface area contributed by atoms with E-state index in [2.05, 4.69) is 10.0 Å². The van der Waals surface area contributed by atoms with E-state index in [1.54, 1.807) is 6.07 Å². The van der Waals surface area contributed by atoms with Crippen molar-refractivity contribution < 1.29 is 12.8 Å². The van der Waals surface area contributed by atoms with E-state index in [4.69, 9.17) is 4.42 Å². The van der Waals surface area contributed by atoms with Gasteiger partial charge in [-0.25, -0.2) is 13.1 Å². The van der Waals surface area contributed by atoms with Gasteiger partial charge in [-0.1, -0.05) is 0 Å². The molecular formula is C9H15ClN2O3S. The molecule has 0 bridgehead atoms. The van der Waals surface area contributed by atoms with Crippen LogP contribution in [0, 0.1) is 0 Å². The van der Waals surface area contributed by atoms with E-state index in [0.717, 1.165) is 19.4 Å². The van der Waals surface area contributed by atoms with Crippen molar-refractivity contribution in [3.05, 3.63) is 18.4 Å². The largest absolute Gasteiger partial charge is 0.452 e. The topological polar surface area (TPSA) is 71.3 Å². The average Bonchev–Trinajstić information content (AvgIpc) is 2.71. The van der Waals surface area contributed by atoms with Gasteiger partial charge in [0.1, 0.15) is 0 Å². The third-order valence-corrected chi connectivity index (χ3v) is 3.78. The monoisotopic (exact) mass is 266 g/mol. The third-order valence-electron chi connectivity index (χ3n) is 2.38. The first-order chi connectivity index (χ1) is 7.18. The number of piperidine rings is 1. The van der Waals surface area contributed by atoms with E-state index in [-0.39, 0.29) is 23.5 Å². The summed E-state index contributed by atoms with van der Waals surface area (Å²) in [5.41, 5.74) is 0. The molecule has 0 amide bonds. The molecule has 16 heavy (non-hydrogen) atoms. The van der Waals surface area contributed by atoms with Crippen LogP contribution in [-0.2, 0) is 10.0 Å². The van der Waals surface area contributed by atoms with Gasteiger partial charge in [0, 0.05) is 12.6 Å². The van der Waals surface area contributed by atoms with Crippen LogP contribution in [0.1, 0.15) is 12.8 Å². The highest BCUT2D eigenvalue weighted by atomic mass is 35.5. The highest BCUT2D eigenvalue weighted by molar-refractivity contribution is 7.89. The summed E-state index contributed by atoms with van der Waals surface area (Å²) < 4.78 is 30.9. The molecule has 0 spiro atoms. The second-order valence-electron chi connectivity index (χ2n) is 3.60. The van der Waals surface area contributed by atoms with Crippen LogP contribution in [0.15, 0.2) is 27.9 Å². The Morgan fingerprint density at radius 2 is 2.31 bits per heavy atom. The Balaban J connectivity index is 0.00000128. The number of furan rings is 1. The molecular weight excluding hydrogens is 252 g/mol. The van der Waals surface area contributed by atoms with Crippen LogP contribution in [-0.4, -0.2) is 27.5 Å². The van der Waals surface area contributed by atoms with E-state index in [0.29, 0.717) is 6.54 Å². The Hall–Kier alpha value is -0.560. The van der Waals surface area contributed by atoms with E-state index in [9.17, 15) is 8.42 Å². The van der Waals surface area contributed by atoms with E-state index < -0.39 is 10.0 Å². The molecule has 1 unspecified atom stereocenters. The fraction of sp³-hybridized carbons (Fsp3) is 0.556. The highest BCUT2D eigenvalue weighted by Gasteiger charge is 2.23. The van der Waals surface area contributed by atoms with Crippen LogP contribution in [0.3, 0.4) is 0 Å². The fourth-order valence-corrected chi connectivity index (χ4v) is 2.84. The Morgan fingerprint density at radius 3 is 2.88 bits per heavy atom. The van der Waals surface area contributed by atoms with E-state index >= 15 is 0 Å². The summed E-state index contributed by atoms with van der Waals surface area (Å²) in [6.07, 6.45) is 3.21. The molecule has 7 heteroatoms. The second-order valence-corrected chi connectivity index (χ2v) is 5.24. The van der Waals surface area contributed by atoms with Crippen molar-refractivity contribution in [1.82, 2.24) is 10.0 Å². The van der Waals surface area contributed by atoms with Crippen LogP contribution in [0.5, 0.6) is 0 Å². The highest BCUT2D eigenvalue weighted by Crippen LogP contribution is 2.11. The van der Waals surface area contributed by atoms with Crippen molar-refractivity contribution >= 4 is 22.4 Å². The standard InChI is InChI=1S/C9H14N2O3S.ClH/c12-15(13,9-4-2-6-14-9)11-8-3-1-5-10-7-8;/h2,4,6,8,10-11H,1,3,5,7H2;1H. The minimum Gasteiger partial charge on any atom is -0.452 e. The lowest BCUT2D eigenvalue weighted by Crippen LogP contribution is -2.45. The maximum Gasteiger partial charge on any atom is 0.274 e. The summed E-state index contributed by atoms with van der Waals surface area (Å²) in [5.74, 6) is 0. The smallest absolute Gasteiger partial charge is 0.274 e. The fourth-order valence-electron chi connectivity index (χ4n) is 1.65. The van der Waals surface area contributed by atoms with Gasteiger partial charge in [-0.2, -0.15) is 0 Å². The minimum absolute atomic E-state index is 0. The first-order valence-electron chi connectivity index (χ1n) is 4.95. The lowest BCUT2D eigenvalue weighted by atomic mass is 10.1. The number of hydrogen-bond acceptors (Lipinski definition) is 4. The molecule has 1 atom stereocenters. The lowest BCUT2D eigenvalue weighted by molar-refractivity contribution is 0.411. The van der Waals surface area contributed by atoms with Crippen LogP contribution >= 0.6 is 12.4 Å². The lowest BCUT2D eigenvalue weighted by Gasteiger charge is -2.22. The predicted octanol–water partition coefficient (Wildman–Crippen LogP) is 0.732. The molecule has 5 nitrogen and oxygen atoms in total. The SMILES string of the molecule is Cl.O=S(=O)(NC1CCCNC1)c1ccco1. The van der Waals surface area contributed by atoms with Gasteiger partial charge in [0.15, 0.2) is 0 Å². The predicted molar refractivity (Wildman–Crippen MR) is 62.2 cm³/mol. The third kappa shape index (κ3) is 3.21. The van der Waals surface area contributed by atoms with Crippen molar-refractivity contribution in [2.24, 2.45) is 0 Å². The molecule has 1 aliphatic heterocycles. The average molecular weight is 267 g/mol. The normalized spacial score (nSPS) is 21.4. The van der Waals surface area contributed by atoms with Gasteiger partial charge >= 0.3 is 0 Å². The maximum atomic E-state index is 11.7. The Kier molecular flexibility index (Phi) is 4.79. The molecule has 1 aromatic rings. The van der Waals surface area contributed by atoms with Crippen LogP contribution < -0.4 is 10.0 Å². The first-order valence-corrected chi connectivity index (χ1v) is 6.43.